The van der Waals surface area contributed by atoms with E-state index in [9.17, 15) is 45.6 Å². The monoisotopic (exact) mass is 1410 g/mol. The summed E-state index contributed by atoms with van der Waals surface area (Å²) in [5.74, 6) is -0.194. The average molecular weight is 1410 g/mol. The lowest BCUT2D eigenvalue weighted by molar-refractivity contribution is -0.359. The molecule has 2 fully saturated rings. The summed E-state index contributed by atoms with van der Waals surface area (Å²) in [6.07, 6.45) is 71.9. The quantitative estimate of drug-likeness (QED) is 0.0259. The van der Waals surface area contributed by atoms with Gasteiger partial charge in [-0.25, -0.2) is 0 Å². The topological polar surface area (TPSA) is 228 Å². The molecule has 2 saturated heterocycles. The van der Waals surface area contributed by atoms with Crippen LogP contribution in [0, 0.1) is 0 Å². The Morgan fingerprint density at radius 1 is 0.323 bits per heavy atom. The number of carbonyl (C=O) groups excluding carboxylic acids is 1. The molecule has 0 saturated carbocycles. The molecule has 14 heteroatoms. The van der Waals surface area contributed by atoms with Crippen LogP contribution in [0.5, 0.6) is 0 Å². The van der Waals surface area contributed by atoms with Crippen LogP contribution in [0.3, 0.4) is 0 Å². The van der Waals surface area contributed by atoms with E-state index in [4.69, 9.17) is 18.9 Å². The van der Waals surface area contributed by atoms with Crippen LogP contribution in [-0.2, 0) is 23.7 Å². The van der Waals surface area contributed by atoms with Crippen molar-refractivity contribution in [3.63, 3.8) is 0 Å². The molecule has 99 heavy (non-hydrogen) atoms. The van der Waals surface area contributed by atoms with Crippen molar-refractivity contribution >= 4 is 5.91 Å². The van der Waals surface area contributed by atoms with Gasteiger partial charge in [0, 0.05) is 6.42 Å². The van der Waals surface area contributed by atoms with Gasteiger partial charge in [-0.3, -0.25) is 4.79 Å². The molecule has 590 valence electrons. The first-order valence-electron chi connectivity index (χ1n) is 43.8. The molecule has 12 atom stereocenters. The van der Waals surface area contributed by atoms with Gasteiger partial charge in [-0.1, -0.05) is 425 Å². The van der Waals surface area contributed by atoms with E-state index < -0.39 is 86.8 Å². The zero-order chi connectivity index (χ0) is 71.5. The zero-order valence-corrected chi connectivity index (χ0v) is 65.0. The fraction of sp³-hybridized carbons (Fsp3) is 0.988. The van der Waals surface area contributed by atoms with Crippen LogP contribution >= 0.6 is 0 Å². The number of hydrogen-bond donors (Lipinski definition) is 9. The van der Waals surface area contributed by atoms with Gasteiger partial charge in [0.2, 0.25) is 5.91 Å². The van der Waals surface area contributed by atoms with Gasteiger partial charge in [-0.15, -0.1) is 0 Å². The maximum Gasteiger partial charge on any atom is 0.220 e. The number of hydrogen-bond acceptors (Lipinski definition) is 13. The van der Waals surface area contributed by atoms with Crippen LogP contribution < -0.4 is 5.32 Å². The van der Waals surface area contributed by atoms with Crippen molar-refractivity contribution < 1.29 is 64.6 Å². The van der Waals surface area contributed by atoms with Crippen LogP contribution in [-0.4, -0.2) is 140 Å². The van der Waals surface area contributed by atoms with Crippen LogP contribution in [0.2, 0.25) is 0 Å². The highest BCUT2D eigenvalue weighted by molar-refractivity contribution is 5.76. The lowest BCUT2D eigenvalue weighted by Gasteiger charge is -2.46. The van der Waals surface area contributed by atoms with E-state index in [1.165, 1.54) is 366 Å². The van der Waals surface area contributed by atoms with Crippen LogP contribution in [0.1, 0.15) is 444 Å². The number of rotatable bonds is 76. The Bertz CT molecular complexity index is 1660. The average Bonchev–Trinajstić information content (AvgIpc) is 0.799. The number of amides is 1. The second kappa shape index (κ2) is 70.0. The number of aliphatic hydroxyl groups excluding tert-OH is 8. The molecule has 9 N–H and O–H groups in total. The molecular weight excluding hydrogens is 1240 g/mol. The van der Waals surface area contributed by atoms with E-state index in [1.807, 2.05) is 0 Å². The Morgan fingerprint density at radius 3 is 0.859 bits per heavy atom. The smallest absolute Gasteiger partial charge is 0.220 e. The SMILES string of the molecule is CCCCCCCCCCCCCCCCCCCCCCCCCCCCCCCCCCCCCCCCCCCC(=O)NC(COC1OC(CO)C(OC2OC(CO)C(O)C(O)C2O)C(O)C1O)C(O)CCCCCCCCCCCCCCCCCCCCCCCCCC. The molecule has 0 spiro atoms. The van der Waals surface area contributed by atoms with Crippen molar-refractivity contribution in [3.05, 3.63) is 0 Å². The Labute approximate surface area is 610 Å². The largest absolute Gasteiger partial charge is 0.394 e. The van der Waals surface area contributed by atoms with Crippen molar-refractivity contribution in [2.75, 3.05) is 19.8 Å². The lowest BCUT2D eigenvalue weighted by atomic mass is 9.97. The molecular formula is C85H167NO13. The number of aliphatic hydroxyl groups is 8. The van der Waals surface area contributed by atoms with Crippen molar-refractivity contribution in [1.29, 1.82) is 0 Å². The normalized spacial score (nSPS) is 21.8. The van der Waals surface area contributed by atoms with Gasteiger partial charge in [0.25, 0.3) is 0 Å². The molecule has 2 heterocycles. The van der Waals surface area contributed by atoms with Gasteiger partial charge < -0.3 is 65.1 Å². The number of ether oxygens (including phenoxy) is 4. The summed E-state index contributed by atoms with van der Waals surface area (Å²) in [5.41, 5.74) is 0. The molecule has 2 aliphatic rings. The summed E-state index contributed by atoms with van der Waals surface area (Å²) in [4.78, 5) is 13.4. The Balaban J connectivity index is 1.53. The summed E-state index contributed by atoms with van der Waals surface area (Å²) in [6.45, 7) is 2.95. The molecule has 2 rings (SSSR count). The third-order valence-electron chi connectivity index (χ3n) is 22.1. The summed E-state index contributed by atoms with van der Waals surface area (Å²) in [7, 11) is 0. The minimum atomic E-state index is -1.78. The van der Waals surface area contributed by atoms with E-state index in [2.05, 4.69) is 19.2 Å². The number of nitrogens with one attached hydrogen (secondary N) is 1. The third kappa shape index (κ3) is 52.6. The minimum absolute atomic E-state index is 0.194. The van der Waals surface area contributed by atoms with Gasteiger partial charge in [0.1, 0.15) is 48.8 Å². The highest BCUT2D eigenvalue weighted by Gasteiger charge is 2.51. The molecule has 2 aliphatic heterocycles. The summed E-state index contributed by atoms with van der Waals surface area (Å²) in [6, 6.07) is -0.826. The van der Waals surface area contributed by atoms with E-state index in [-0.39, 0.29) is 12.5 Å². The van der Waals surface area contributed by atoms with E-state index in [0.29, 0.717) is 12.8 Å². The predicted molar refractivity (Wildman–Crippen MR) is 411 cm³/mol. The van der Waals surface area contributed by atoms with Crippen LogP contribution in [0.4, 0.5) is 0 Å². The highest BCUT2D eigenvalue weighted by Crippen LogP contribution is 2.31. The van der Waals surface area contributed by atoms with E-state index in [0.717, 1.165) is 51.4 Å². The summed E-state index contributed by atoms with van der Waals surface area (Å²) in [5, 5.41) is 87.9. The first kappa shape index (κ1) is 94.1. The second-order valence-electron chi connectivity index (χ2n) is 31.4. The van der Waals surface area contributed by atoms with Gasteiger partial charge in [-0.05, 0) is 12.8 Å². The standard InChI is InChI=1S/C85H167NO13/c1-3-5-7-9-11-13-15-17-19-21-23-25-27-29-30-31-32-33-34-35-36-37-38-39-40-41-42-43-44-45-47-49-51-53-55-57-59-61-63-65-67-69-77(90)86-73(72-96-84-82(95)80(93)83(76(71-88)98-84)99-85-81(94)79(92)78(91)75(70-87)97-85)74(89)68-66-64-62-60-58-56-54-52-50-48-46-28-26-24-22-20-18-16-14-12-10-8-6-4-2/h73-76,78-85,87-89,91-95H,3-72H2,1-2H3,(H,86,90). The van der Waals surface area contributed by atoms with Gasteiger partial charge in [0.05, 0.1) is 32.0 Å². The maximum atomic E-state index is 13.4. The highest BCUT2D eigenvalue weighted by atomic mass is 16.7. The summed E-state index contributed by atoms with van der Waals surface area (Å²) >= 11 is 0. The third-order valence-corrected chi connectivity index (χ3v) is 22.1. The van der Waals surface area contributed by atoms with Crippen LogP contribution in [0.25, 0.3) is 0 Å². The van der Waals surface area contributed by atoms with E-state index in [1.54, 1.807) is 0 Å². The summed E-state index contributed by atoms with van der Waals surface area (Å²) < 4.78 is 23.0. The van der Waals surface area contributed by atoms with Gasteiger partial charge >= 0.3 is 0 Å². The number of carbonyl (C=O) groups is 1. The van der Waals surface area contributed by atoms with Crippen molar-refractivity contribution in [2.45, 2.75) is 518 Å². The molecule has 14 nitrogen and oxygen atoms in total. The van der Waals surface area contributed by atoms with Crippen molar-refractivity contribution in [1.82, 2.24) is 5.32 Å². The molecule has 0 aromatic carbocycles. The molecule has 0 aromatic rings. The molecule has 1 amide bonds. The zero-order valence-electron chi connectivity index (χ0n) is 65.0. The van der Waals surface area contributed by atoms with E-state index >= 15 is 0 Å². The number of unbranched alkanes of at least 4 members (excludes halogenated alkanes) is 63. The van der Waals surface area contributed by atoms with Crippen molar-refractivity contribution in [3.8, 4) is 0 Å². The minimum Gasteiger partial charge on any atom is -0.394 e. The first-order chi connectivity index (χ1) is 48.6. The van der Waals surface area contributed by atoms with Gasteiger partial charge in [-0.2, -0.15) is 0 Å². The molecule has 0 radical (unpaired) electrons. The molecule has 0 bridgehead atoms. The Kier molecular flexibility index (Phi) is 66.5. The fourth-order valence-corrected chi connectivity index (χ4v) is 15.2. The van der Waals surface area contributed by atoms with Crippen molar-refractivity contribution in [2.24, 2.45) is 0 Å². The first-order valence-corrected chi connectivity index (χ1v) is 43.8. The predicted octanol–water partition coefficient (Wildman–Crippen LogP) is 20.6. The lowest BCUT2D eigenvalue weighted by Crippen LogP contribution is -2.65. The molecule has 12 unspecified atom stereocenters. The second-order valence-corrected chi connectivity index (χ2v) is 31.4. The molecule has 0 aliphatic carbocycles. The molecule has 0 aromatic heterocycles. The Morgan fingerprint density at radius 2 is 0.576 bits per heavy atom. The van der Waals surface area contributed by atoms with Crippen LogP contribution in [0.15, 0.2) is 0 Å². The van der Waals surface area contributed by atoms with Gasteiger partial charge in [0.15, 0.2) is 12.6 Å². The maximum absolute atomic E-state index is 13.4. The fourth-order valence-electron chi connectivity index (χ4n) is 15.2. The Hall–Kier alpha value is -1.01.